The van der Waals surface area contributed by atoms with Gasteiger partial charge in [0.05, 0.1) is 17.8 Å². The Hall–Kier alpha value is -2.87. The molecule has 0 amide bonds. The lowest BCUT2D eigenvalue weighted by molar-refractivity contribution is -0.138. The molecule has 0 saturated heterocycles. The average Bonchev–Trinajstić information content (AvgIpc) is 3.15. The molecule has 1 aromatic heterocycles. The van der Waals surface area contributed by atoms with Gasteiger partial charge in [-0.3, -0.25) is 4.79 Å². The van der Waals surface area contributed by atoms with Gasteiger partial charge in [-0.1, -0.05) is 24.3 Å². The number of rotatable bonds is 5. The van der Waals surface area contributed by atoms with E-state index in [1.165, 1.54) is 23.5 Å². The van der Waals surface area contributed by atoms with Crippen molar-refractivity contribution in [3.05, 3.63) is 70.2 Å². The van der Waals surface area contributed by atoms with Crippen molar-refractivity contribution in [2.24, 2.45) is 0 Å². The molecule has 4 nitrogen and oxygen atoms in total. The summed E-state index contributed by atoms with van der Waals surface area (Å²) in [6.07, 6.45) is -2.96. The smallest absolute Gasteiger partial charge is 0.416 e. The van der Waals surface area contributed by atoms with Crippen LogP contribution < -0.4 is 4.90 Å². The molecule has 30 heavy (non-hydrogen) atoms. The second-order valence-electron chi connectivity index (χ2n) is 7.20. The number of alkyl halides is 3. The second kappa shape index (κ2) is 8.10. The largest absolute Gasteiger partial charge is 0.481 e. The number of hydrogen-bond donors (Lipinski definition) is 1. The highest BCUT2D eigenvalue weighted by atomic mass is 32.1. The Morgan fingerprint density at radius 2 is 1.80 bits per heavy atom. The van der Waals surface area contributed by atoms with Gasteiger partial charge < -0.3 is 10.0 Å². The summed E-state index contributed by atoms with van der Waals surface area (Å²) < 4.78 is 38.3. The van der Waals surface area contributed by atoms with Gasteiger partial charge in [-0.25, -0.2) is 4.98 Å². The molecule has 0 spiro atoms. The van der Waals surface area contributed by atoms with Gasteiger partial charge in [0.15, 0.2) is 0 Å². The lowest BCUT2D eigenvalue weighted by atomic mass is 10.1. The van der Waals surface area contributed by atoms with Crippen molar-refractivity contribution < 1.29 is 23.1 Å². The van der Waals surface area contributed by atoms with Crippen molar-refractivity contribution in [1.29, 1.82) is 0 Å². The first-order valence-corrected chi connectivity index (χ1v) is 10.3. The van der Waals surface area contributed by atoms with Gasteiger partial charge >= 0.3 is 12.1 Å². The highest BCUT2D eigenvalue weighted by molar-refractivity contribution is 7.15. The van der Waals surface area contributed by atoms with E-state index >= 15 is 0 Å². The summed E-state index contributed by atoms with van der Waals surface area (Å²) in [5.74, 6) is -0.809. The highest BCUT2D eigenvalue weighted by Gasteiger charge is 2.30. The third kappa shape index (κ3) is 4.48. The van der Waals surface area contributed by atoms with E-state index in [2.05, 4.69) is 9.88 Å². The zero-order chi connectivity index (χ0) is 21.3. The van der Waals surface area contributed by atoms with Crippen LogP contribution in [-0.2, 0) is 30.4 Å². The van der Waals surface area contributed by atoms with E-state index in [1.807, 2.05) is 24.3 Å². The number of hydrogen-bond acceptors (Lipinski definition) is 4. The molecule has 2 aromatic carbocycles. The number of aromatic nitrogens is 1. The molecule has 0 aliphatic carbocycles. The fraction of sp³-hybridized carbons (Fsp3) is 0.273. The SMILES string of the molecule is O=C(O)CCc1ccc(N2CCc3nc(-c4ccc(C(F)(F)F)cc4)sc3C2)cc1. The van der Waals surface area contributed by atoms with Gasteiger partial charge in [0, 0.05) is 35.5 Å². The first kappa shape index (κ1) is 20.4. The molecule has 0 bridgehead atoms. The first-order valence-electron chi connectivity index (χ1n) is 9.51. The van der Waals surface area contributed by atoms with Gasteiger partial charge in [-0.2, -0.15) is 13.2 Å². The zero-order valence-electron chi connectivity index (χ0n) is 15.9. The Bertz CT molecular complexity index is 1040. The van der Waals surface area contributed by atoms with Gasteiger partial charge in [0.25, 0.3) is 0 Å². The molecule has 0 saturated carbocycles. The van der Waals surface area contributed by atoms with Crippen molar-refractivity contribution in [2.45, 2.75) is 32.0 Å². The predicted octanol–water partition coefficient (Wildman–Crippen LogP) is 5.41. The summed E-state index contributed by atoms with van der Waals surface area (Å²) in [6.45, 7) is 1.50. The summed E-state index contributed by atoms with van der Waals surface area (Å²) >= 11 is 1.52. The molecule has 8 heteroatoms. The van der Waals surface area contributed by atoms with E-state index in [4.69, 9.17) is 5.11 Å². The fourth-order valence-electron chi connectivity index (χ4n) is 3.47. The summed E-state index contributed by atoms with van der Waals surface area (Å²) in [5, 5.41) is 9.53. The van der Waals surface area contributed by atoms with Crippen LogP contribution in [0, 0.1) is 0 Å². The molecule has 1 N–H and O–H groups in total. The van der Waals surface area contributed by atoms with E-state index in [1.54, 1.807) is 0 Å². The lowest BCUT2D eigenvalue weighted by Gasteiger charge is -2.28. The van der Waals surface area contributed by atoms with Crippen molar-refractivity contribution in [3.63, 3.8) is 0 Å². The quantitative estimate of drug-likeness (QED) is 0.586. The van der Waals surface area contributed by atoms with Crippen LogP contribution in [0.3, 0.4) is 0 Å². The standard InChI is InChI=1S/C22H19F3N2O2S/c23-22(24,25)16-6-4-15(5-7-16)21-26-18-11-12-27(13-19(18)30-21)17-8-1-14(2-9-17)3-10-20(28)29/h1-2,4-9H,3,10-13H2,(H,28,29). The Kier molecular flexibility index (Phi) is 5.51. The van der Waals surface area contributed by atoms with Crippen LogP contribution in [0.15, 0.2) is 48.5 Å². The molecule has 3 aromatic rings. The molecular weight excluding hydrogens is 413 g/mol. The number of thiazole rings is 1. The summed E-state index contributed by atoms with van der Waals surface area (Å²) in [7, 11) is 0. The summed E-state index contributed by atoms with van der Waals surface area (Å²) in [6, 6.07) is 13.0. The maximum absolute atomic E-state index is 12.8. The molecule has 0 fully saturated rings. The van der Waals surface area contributed by atoms with Gasteiger partial charge in [-0.05, 0) is 36.2 Å². The summed E-state index contributed by atoms with van der Waals surface area (Å²) in [5.41, 5.74) is 3.08. The molecule has 0 atom stereocenters. The minimum Gasteiger partial charge on any atom is -0.481 e. The Labute approximate surface area is 175 Å². The number of aryl methyl sites for hydroxylation is 1. The van der Waals surface area contributed by atoms with E-state index in [9.17, 15) is 18.0 Å². The van der Waals surface area contributed by atoms with E-state index < -0.39 is 17.7 Å². The number of carbonyl (C=O) groups is 1. The van der Waals surface area contributed by atoms with E-state index in [-0.39, 0.29) is 6.42 Å². The number of halogens is 3. The fourth-order valence-corrected chi connectivity index (χ4v) is 4.59. The lowest BCUT2D eigenvalue weighted by Crippen LogP contribution is -2.29. The van der Waals surface area contributed by atoms with Crippen molar-refractivity contribution in [2.75, 3.05) is 11.4 Å². The number of nitrogens with zero attached hydrogens (tertiary/aromatic N) is 2. The number of aliphatic carboxylic acids is 1. The summed E-state index contributed by atoms with van der Waals surface area (Å²) in [4.78, 5) is 18.7. The van der Waals surface area contributed by atoms with E-state index in [0.29, 0.717) is 18.5 Å². The second-order valence-corrected chi connectivity index (χ2v) is 8.28. The third-order valence-electron chi connectivity index (χ3n) is 5.12. The average molecular weight is 432 g/mol. The van der Waals surface area contributed by atoms with Crippen LogP contribution >= 0.6 is 11.3 Å². The first-order chi connectivity index (χ1) is 14.3. The van der Waals surface area contributed by atoms with Crippen LogP contribution in [0.25, 0.3) is 10.6 Å². The number of benzene rings is 2. The van der Waals surface area contributed by atoms with Crippen LogP contribution in [0.1, 0.15) is 28.1 Å². The van der Waals surface area contributed by atoms with E-state index in [0.717, 1.165) is 51.9 Å². The van der Waals surface area contributed by atoms with Gasteiger partial charge in [0.1, 0.15) is 5.01 Å². The van der Waals surface area contributed by atoms with Crippen LogP contribution in [-0.4, -0.2) is 22.6 Å². The maximum Gasteiger partial charge on any atom is 0.416 e. The number of carboxylic acid groups (broad SMARTS) is 1. The molecule has 1 aliphatic heterocycles. The minimum atomic E-state index is -4.34. The molecule has 4 rings (SSSR count). The number of anilines is 1. The van der Waals surface area contributed by atoms with Crippen LogP contribution in [0.5, 0.6) is 0 Å². The van der Waals surface area contributed by atoms with Gasteiger partial charge in [0.2, 0.25) is 0 Å². The number of fused-ring (bicyclic) bond motifs is 1. The molecule has 156 valence electrons. The molecule has 2 heterocycles. The number of carboxylic acids is 1. The Morgan fingerprint density at radius 3 is 2.43 bits per heavy atom. The van der Waals surface area contributed by atoms with Crippen molar-refractivity contribution in [3.8, 4) is 10.6 Å². The normalized spacial score (nSPS) is 13.9. The van der Waals surface area contributed by atoms with Gasteiger partial charge in [-0.15, -0.1) is 11.3 Å². The molecular formula is C22H19F3N2O2S. The van der Waals surface area contributed by atoms with Crippen LogP contribution in [0.4, 0.5) is 18.9 Å². The highest BCUT2D eigenvalue weighted by Crippen LogP contribution is 2.35. The molecule has 0 unspecified atom stereocenters. The third-order valence-corrected chi connectivity index (χ3v) is 6.25. The predicted molar refractivity (Wildman–Crippen MR) is 110 cm³/mol. The monoisotopic (exact) mass is 432 g/mol. The topological polar surface area (TPSA) is 53.4 Å². The van der Waals surface area contributed by atoms with Crippen LogP contribution in [0.2, 0.25) is 0 Å². The zero-order valence-corrected chi connectivity index (χ0v) is 16.8. The maximum atomic E-state index is 12.8. The molecule has 0 radical (unpaired) electrons. The Morgan fingerprint density at radius 1 is 1.10 bits per heavy atom. The Balaban J connectivity index is 1.47. The minimum absolute atomic E-state index is 0.111. The van der Waals surface area contributed by atoms with Crippen molar-refractivity contribution in [1.82, 2.24) is 4.98 Å². The molecule has 1 aliphatic rings. The van der Waals surface area contributed by atoms with Crippen molar-refractivity contribution >= 4 is 23.0 Å².